The lowest BCUT2D eigenvalue weighted by Crippen LogP contribution is -2.43. The standard InChI is InChI=1S/C23H21NO5/c1-28-22(26)19-9-5-8-18(14-19)21(25)24-20(23(27)29-2)13-15-10-11-16-6-3-4-7-17(16)12-15/h3-12,14,20H,13H2,1-2H3,(H,24,25)/t20-/m1/s1. The third-order valence-electron chi connectivity index (χ3n) is 4.59. The Hall–Kier alpha value is -3.67. The molecule has 0 saturated heterocycles. The fourth-order valence-electron chi connectivity index (χ4n) is 3.08. The third-order valence-corrected chi connectivity index (χ3v) is 4.59. The highest BCUT2D eigenvalue weighted by atomic mass is 16.5. The van der Waals surface area contributed by atoms with Crippen LogP contribution in [0, 0.1) is 0 Å². The smallest absolute Gasteiger partial charge is 0.337 e. The quantitative estimate of drug-likeness (QED) is 0.653. The maximum atomic E-state index is 12.7. The molecule has 3 rings (SSSR count). The molecule has 29 heavy (non-hydrogen) atoms. The van der Waals surface area contributed by atoms with Gasteiger partial charge in [-0.25, -0.2) is 9.59 Å². The SMILES string of the molecule is COC(=O)c1cccc(C(=O)N[C@H](Cc2ccc3ccccc3c2)C(=O)OC)c1. The molecule has 1 atom stereocenters. The lowest BCUT2D eigenvalue weighted by molar-refractivity contribution is -0.142. The van der Waals surface area contributed by atoms with Gasteiger partial charge in [0.05, 0.1) is 19.8 Å². The zero-order valence-electron chi connectivity index (χ0n) is 16.2. The molecule has 1 amide bonds. The van der Waals surface area contributed by atoms with Crippen LogP contribution in [0.15, 0.2) is 66.7 Å². The van der Waals surface area contributed by atoms with Gasteiger partial charge in [0.25, 0.3) is 5.91 Å². The molecule has 3 aromatic rings. The van der Waals surface area contributed by atoms with Crippen molar-refractivity contribution in [1.82, 2.24) is 5.32 Å². The number of methoxy groups -OCH3 is 2. The molecule has 0 aliphatic rings. The highest BCUT2D eigenvalue weighted by Gasteiger charge is 2.23. The Morgan fingerprint density at radius 3 is 2.28 bits per heavy atom. The number of carbonyl (C=O) groups excluding carboxylic acids is 3. The van der Waals surface area contributed by atoms with Gasteiger partial charge in [0.1, 0.15) is 6.04 Å². The molecule has 148 valence electrons. The van der Waals surface area contributed by atoms with Crippen molar-refractivity contribution < 1.29 is 23.9 Å². The molecule has 0 bridgehead atoms. The topological polar surface area (TPSA) is 81.7 Å². The molecule has 0 unspecified atom stereocenters. The van der Waals surface area contributed by atoms with Crippen LogP contribution in [-0.4, -0.2) is 38.1 Å². The third kappa shape index (κ3) is 4.79. The minimum Gasteiger partial charge on any atom is -0.467 e. The maximum Gasteiger partial charge on any atom is 0.337 e. The van der Waals surface area contributed by atoms with Crippen molar-refractivity contribution in [3.05, 3.63) is 83.4 Å². The number of carbonyl (C=O) groups is 3. The molecule has 1 N–H and O–H groups in total. The highest BCUT2D eigenvalue weighted by molar-refractivity contribution is 5.99. The first-order valence-corrected chi connectivity index (χ1v) is 9.06. The first-order chi connectivity index (χ1) is 14.0. The lowest BCUT2D eigenvalue weighted by Gasteiger charge is -2.17. The fourth-order valence-corrected chi connectivity index (χ4v) is 3.08. The molecule has 0 aromatic heterocycles. The van der Waals surface area contributed by atoms with E-state index in [-0.39, 0.29) is 17.5 Å². The summed E-state index contributed by atoms with van der Waals surface area (Å²) in [5.74, 6) is -1.57. The van der Waals surface area contributed by atoms with Gasteiger partial charge in [0.2, 0.25) is 0 Å². The van der Waals surface area contributed by atoms with Crippen LogP contribution in [0.25, 0.3) is 10.8 Å². The molecule has 0 aliphatic heterocycles. The Labute approximate surface area is 168 Å². The molecule has 6 heteroatoms. The number of ether oxygens (including phenoxy) is 2. The van der Waals surface area contributed by atoms with Gasteiger partial charge < -0.3 is 14.8 Å². The summed E-state index contributed by atoms with van der Waals surface area (Å²) in [7, 11) is 2.55. The number of benzene rings is 3. The first-order valence-electron chi connectivity index (χ1n) is 9.06. The van der Waals surface area contributed by atoms with Gasteiger partial charge in [0.15, 0.2) is 0 Å². The summed E-state index contributed by atoms with van der Waals surface area (Å²) in [5.41, 5.74) is 1.40. The van der Waals surface area contributed by atoms with E-state index in [4.69, 9.17) is 4.74 Å². The Morgan fingerprint density at radius 1 is 0.828 bits per heavy atom. The Morgan fingerprint density at radius 2 is 1.55 bits per heavy atom. The largest absolute Gasteiger partial charge is 0.467 e. The molecular weight excluding hydrogens is 370 g/mol. The van der Waals surface area contributed by atoms with Crippen LogP contribution in [0.3, 0.4) is 0 Å². The highest BCUT2D eigenvalue weighted by Crippen LogP contribution is 2.17. The second-order valence-electron chi connectivity index (χ2n) is 6.51. The van der Waals surface area contributed by atoms with E-state index in [1.807, 2.05) is 42.5 Å². The Balaban J connectivity index is 1.80. The van der Waals surface area contributed by atoms with E-state index in [9.17, 15) is 14.4 Å². The van der Waals surface area contributed by atoms with Crippen LogP contribution in [0.2, 0.25) is 0 Å². The molecule has 0 aliphatic carbocycles. The second kappa shape index (κ2) is 9.01. The number of amides is 1. The molecule has 0 heterocycles. The summed E-state index contributed by atoms with van der Waals surface area (Å²) in [6, 6.07) is 19.0. The zero-order chi connectivity index (χ0) is 20.8. The van der Waals surface area contributed by atoms with Crippen molar-refractivity contribution in [1.29, 1.82) is 0 Å². The fraction of sp³-hybridized carbons (Fsp3) is 0.174. The van der Waals surface area contributed by atoms with Gasteiger partial charge in [-0.1, -0.05) is 48.5 Å². The van der Waals surface area contributed by atoms with E-state index in [0.29, 0.717) is 0 Å². The number of nitrogens with one attached hydrogen (secondary N) is 1. The normalized spacial score (nSPS) is 11.5. The summed E-state index contributed by atoms with van der Waals surface area (Å²) in [6.45, 7) is 0. The zero-order valence-corrected chi connectivity index (χ0v) is 16.2. The van der Waals surface area contributed by atoms with E-state index in [0.717, 1.165) is 16.3 Å². The van der Waals surface area contributed by atoms with Crippen LogP contribution in [-0.2, 0) is 20.7 Å². The summed E-state index contributed by atoms with van der Waals surface area (Å²) in [4.78, 5) is 36.6. The molecule has 0 fully saturated rings. The van der Waals surface area contributed by atoms with Crippen LogP contribution >= 0.6 is 0 Å². The number of esters is 2. The molecular formula is C23H21NO5. The van der Waals surface area contributed by atoms with E-state index in [1.165, 1.54) is 20.3 Å². The number of hydrogen-bond donors (Lipinski definition) is 1. The summed E-state index contributed by atoms with van der Waals surface area (Å²) in [6.07, 6.45) is 0.278. The predicted octanol–water partition coefficient (Wildman–Crippen LogP) is 3.14. The number of fused-ring (bicyclic) bond motifs is 1. The van der Waals surface area contributed by atoms with Crippen LogP contribution in [0.1, 0.15) is 26.3 Å². The van der Waals surface area contributed by atoms with Gasteiger partial charge in [0, 0.05) is 12.0 Å². The average molecular weight is 391 g/mol. The van der Waals surface area contributed by atoms with Crippen molar-refractivity contribution in [2.24, 2.45) is 0 Å². The van der Waals surface area contributed by atoms with Crippen LogP contribution < -0.4 is 5.32 Å². The minimum atomic E-state index is -0.865. The van der Waals surface area contributed by atoms with Gasteiger partial charge >= 0.3 is 11.9 Å². The number of hydrogen-bond acceptors (Lipinski definition) is 5. The van der Waals surface area contributed by atoms with Gasteiger partial charge in [-0.3, -0.25) is 4.79 Å². The molecule has 6 nitrogen and oxygen atoms in total. The van der Waals surface area contributed by atoms with Crippen molar-refractivity contribution in [2.45, 2.75) is 12.5 Å². The monoisotopic (exact) mass is 391 g/mol. The van der Waals surface area contributed by atoms with Gasteiger partial charge in [-0.2, -0.15) is 0 Å². The predicted molar refractivity (Wildman–Crippen MR) is 109 cm³/mol. The molecule has 0 saturated carbocycles. The summed E-state index contributed by atoms with van der Waals surface area (Å²) in [5, 5.41) is 4.84. The second-order valence-corrected chi connectivity index (χ2v) is 6.51. The van der Waals surface area contributed by atoms with E-state index < -0.39 is 23.9 Å². The maximum absolute atomic E-state index is 12.7. The van der Waals surface area contributed by atoms with E-state index in [1.54, 1.807) is 18.2 Å². The lowest BCUT2D eigenvalue weighted by atomic mass is 10.0. The van der Waals surface area contributed by atoms with E-state index in [2.05, 4.69) is 10.1 Å². The first kappa shape index (κ1) is 20.1. The van der Waals surface area contributed by atoms with Crippen LogP contribution in [0.5, 0.6) is 0 Å². The molecule has 0 spiro atoms. The summed E-state index contributed by atoms with van der Waals surface area (Å²) >= 11 is 0. The summed E-state index contributed by atoms with van der Waals surface area (Å²) < 4.78 is 9.54. The molecule has 3 aromatic carbocycles. The van der Waals surface area contributed by atoms with Crippen molar-refractivity contribution in [3.8, 4) is 0 Å². The molecule has 0 radical (unpaired) electrons. The van der Waals surface area contributed by atoms with Crippen molar-refractivity contribution in [2.75, 3.05) is 14.2 Å². The average Bonchev–Trinajstić information content (AvgIpc) is 2.77. The van der Waals surface area contributed by atoms with Gasteiger partial charge in [-0.05, 0) is 34.5 Å². The Bertz CT molecular complexity index is 1060. The number of rotatable bonds is 6. The Kier molecular flexibility index (Phi) is 6.24. The minimum absolute atomic E-state index is 0.250. The van der Waals surface area contributed by atoms with Crippen molar-refractivity contribution in [3.63, 3.8) is 0 Å². The van der Waals surface area contributed by atoms with Crippen molar-refractivity contribution >= 4 is 28.6 Å². The van der Waals surface area contributed by atoms with Gasteiger partial charge in [-0.15, -0.1) is 0 Å². The van der Waals surface area contributed by atoms with Crippen LogP contribution in [0.4, 0.5) is 0 Å². The van der Waals surface area contributed by atoms with E-state index >= 15 is 0 Å².